The van der Waals surface area contributed by atoms with Crippen LogP contribution >= 0.6 is 0 Å². The lowest BCUT2D eigenvalue weighted by Gasteiger charge is -2.50. The van der Waals surface area contributed by atoms with Gasteiger partial charge in [-0.25, -0.2) is 0 Å². The third-order valence-electron chi connectivity index (χ3n) is 15.7. The Morgan fingerprint density at radius 3 is 1.28 bits per heavy atom. The van der Waals surface area contributed by atoms with Crippen LogP contribution in [-0.2, 0) is 76.0 Å². The summed E-state index contributed by atoms with van der Waals surface area (Å²) in [6.07, 6.45) is -61.1. The van der Waals surface area contributed by atoms with Crippen molar-refractivity contribution in [3.05, 3.63) is 0 Å². The summed E-state index contributed by atoms with van der Waals surface area (Å²) in [5.41, 5.74) is 0. The Hall–Kier alpha value is -2.87. The van der Waals surface area contributed by atoms with E-state index in [0.29, 0.717) is 0 Å². The van der Waals surface area contributed by atoms with Crippen molar-refractivity contribution in [3.8, 4) is 0 Å². The molecule has 0 aromatic heterocycles. The highest BCUT2D eigenvalue weighted by Crippen LogP contribution is 2.37. The first-order valence-electron chi connectivity index (χ1n) is 27.5. The first-order valence-corrected chi connectivity index (χ1v) is 27.5. The van der Waals surface area contributed by atoms with Crippen LogP contribution < -0.4 is 16.0 Å². The average Bonchev–Trinajstić information content (AvgIpc) is 1.32. The molecule has 0 aromatic rings. The number of ether oxygens (including phenoxy) is 13. The second-order valence-electron chi connectivity index (χ2n) is 21.8. The molecule has 7 aliphatic heterocycles. The highest BCUT2D eigenvalue weighted by Gasteiger charge is 2.58. The van der Waals surface area contributed by atoms with Crippen LogP contribution in [0.2, 0.25) is 0 Å². The summed E-state index contributed by atoms with van der Waals surface area (Å²) in [5, 5.41) is 214. The Morgan fingerprint density at radius 1 is 0.326 bits per heavy atom. The van der Waals surface area contributed by atoms with Crippen LogP contribution in [0.1, 0.15) is 27.7 Å². The van der Waals surface area contributed by atoms with E-state index in [2.05, 4.69) is 16.0 Å². The maximum absolute atomic E-state index is 12.9. The summed E-state index contributed by atoms with van der Waals surface area (Å²) in [7, 11) is 0. The molecule has 86 heavy (non-hydrogen) atoms. The second kappa shape index (κ2) is 30.5. The third-order valence-corrected chi connectivity index (χ3v) is 15.7. The minimum absolute atomic E-state index is 0.766. The third kappa shape index (κ3) is 15.5. The standard InChI is InChI=1S/C48H81N3O35/c1-11-24(59)32(67)35(70)45(76-11)74-10-20-39(30(65)21(42(73)77-20)49-12(2)56)83-44-23(51-14(4)58)31(66)38(18(8-55)81-44)84-47-37(72)40(85-46-36(71)33(68)26(61)16(6-53)79-46)28(63)19(82-47)9-75-48-41(34(69)27(62)17(7-54)80-48)86-43-22(50-13(3)57)29(64)25(60)15(5-52)78-43/h11,15-48,52-55,59-73H,5-10H2,1-4H3,(H,49,56)(H,50,57)(H,51,58)/t11-,15+,16+,17+,18+,19+,20+,21+,22+,23+,24+,25+,26+,27+,28+,29+,30+,31+,32+,33-,34-,35-,36-,37-,38+,39+,40-,41-,42+,43+,44-,45+,46+,47-,48-/m0/s1. The van der Waals surface area contributed by atoms with Gasteiger partial charge in [0.15, 0.2) is 44.0 Å². The molecule has 0 saturated carbocycles. The van der Waals surface area contributed by atoms with Crippen molar-refractivity contribution in [1.29, 1.82) is 0 Å². The summed E-state index contributed by atoms with van der Waals surface area (Å²) in [6, 6.07) is -5.16. The molecule has 7 aliphatic rings. The Labute approximate surface area is 488 Å². The van der Waals surface area contributed by atoms with Gasteiger partial charge in [0.25, 0.3) is 0 Å². The quantitative estimate of drug-likeness (QED) is 0.0507. The Bertz CT molecular complexity index is 2170. The summed E-state index contributed by atoms with van der Waals surface area (Å²) in [5.74, 6) is -2.46. The van der Waals surface area contributed by atoms with E-state index in [1.165, 1.54) is 6.92 Å². The number of nitrogens with one attached hydrogen (secondary N) is 3. The number of aliphatic hydroxyl groups is 19. The van der Waals surface area contributed by atoms with Gasteiger partial charge < -0.3 is 175 Å². The zero-order chi connectivity index (χ0) is 63.5. The van der Waals surface area contributed by atoms with Gasteiger partial charge in [0, 0.05) is 20.8 Å². The molecule has 3 amide bonds. The van der Waals surface area contributed by atoms with Crippen molar-refractivity contribution in [2.24, 2.45) is 0 Å². The van der Waals surface area contributed by atoms with Gasteiger partial charge in [0.2, 0.25) is 17.7 Å². The minimum atomic E-state index is -2.34. The summed E-state index contributed by atoms with van der Waals surface area (Å²) in [4.78, 5) is 37.3. The largest absolute Gasteiger partial charge is 0.394 e. The molecular formula is C48H81N3O35. The number of rotatable bonds is 21. The summed E-state index contributed by atoms with van der Waals surface area (Å²) >= 11 is 0. The van der Waals surface area contributed by atoms with Crippen LogP contribution in [0.5, 0.6) is 0 Å². The van der Waals surface area contributed by atoms with E-state index in [0.717, 1.165) is 20.8 Å². The molecule has 35 atom stereocenters. The molecule has 0 spiro atoms. The number of aliphatic hydroxyl groups excluding tert-OH is 19. The predicted octanol–water partition coefficient (Wildman–Crippen LogP) is -14.8. The molecule has 7 heterocycles. The monoisotopic (exact) mass is 1260 g/mol. The second-order valence-corrected chi connectivity index (χ2v) is 21.8. The first-order chi connectivity index (χ1) is 40.6. The molecule has 7 fully saturated rings. The van der Waals surface area contributed by atoms with Crippen LogP contribution in [0, 0.1) is 0 Å². The molecular weight excluding hydrogens is 1180 g/mol. The van der Waals surface area contributed by atoms with Crippen LogP contribution in [0.25, 0.3) is 0 Å². The topological polar surface area (TPSA) is 592 Å². The summed E-state index contributed by atoms with van der Waals surface area (Å²) in [6.45, 7) is -1.39. The molecule has 498 valence electrons. The van der Waals surface area contributed by atoms with Gasteiger partial charge in [0.1, 0.15) is 165 Å². The molecule has 7 saturated heterocycles. The maximum Gasteiger partial charge on any atom is 0.217 e. The van der Waals surface area contributed by atoms with E-state index < -0.39 is 272 Å². The Kier molecular flexibility index (Phi) is 25.0. The lowest BCUT2D eigenvalue weighted by Crippen LogP contribution is -2.70. The van der Waals surface area contributed by atoms with Crippen LogP contribution in [-0.4, -0.2) is 369 Å². The number of carbonyl (C=O) groups excluding carboxylic acids is 3. The molecule has 0 aromatic carbocycles. The van der Waals surface area contributed by atoms with Crippen LogP contribution in [0.15, 0.2) is 0 Å². The van der Waals surface area contributed by atoms with E-state index >= 15 is 0 Å². The molecule has 0 unspecified atom stereocenters. The maximum atomic E-state index is 12.9. The van der Waals surface area contributed by atoms with Crippen molar-refractivity contribution in [2.75, 3.05) is 39.6 Å². The molecule has 38 nitrogen and oxygen atoms in total. The van der Waals surface area contributed by atoms with Crippen molar-refractivity contribution in [2.45, 2.75) is 242 Å². The molecule has 7 rings (SSSR count). The molecule has 0 aliphatic carbocycles. The van der Waals surface area contributed by atoms with Gasteiger partial charge >= 0.3 is 0 Å². The van der Waals surface area contributed by atoms with Crippen molar-refractivity contribution in [3.63, 3.8) is 0 Å². The van der Waals surface area contributed by atoms with Crippen LogP contribution in [0.3, 0.4) is 0 Å². The van der Waals surface area contributed by atoms with Crippen LogP contribution in [0.4, 0.5) is 0 Å². The number of amides is 3. The zero-order valence-electron chi connectivity index (χ0n) is 46.5. The number of hydrogen-bond acceptors (Lipinski definition) is 35. The van der Waals surface area contributed by atoms with Gasteiger partial charge in [-0.15, -0.1) is 0 Å². The van der Waals surface area contributed by atoms with Crippen molar-refractivity contribution >= 4 is 17.7 Å². The minimum Gasteiger partial charge on any atom is -0.394 e. The fourth-order valence-electron chi connectivity index (χ4n) is 10.9. The van der Waals surface area contributed by atoms with Crippen molar-refractivity contribution < 1.29 is 173 Å². The van der Waals surface area contributed by atoms with E-state index in [1.54, 1.807) is 0 Å². The Balaban J connectivity index is 1.17. The van der Waals surface area contributed by atoms with E-state index in [9.17, 15) is 111 Å². The number of carbonyl (C=O) groups is 3. The lowest BCUT2D eigenvalue weighted by molar-refractivity contribution is -0.387. The van der Waals surface area contributed by atoms with E-state index in [1.807, 2.05) is 0 Å². The van der Waals surface area contributed by atoms with Crippen molar-refractivity contribution in [1.82, 2.24) is 16.0 Å². The lowest BCUT2D eigenvalue weighted by atomic mass is 9.93. The van der Waals surface area contributed by atoms with Gasteiger partial charge in [0.05, 0.1) is 45.7 Å². The SMILES string of the molecule is CC(=O)N[C@@H]1[C@@H](O)[C@H](O[C@@H]2O[C@H](CO)[C@@H](O[C@@H]3O[C@H](CO[C@H]4O[C@H](CO)[C@@H](O)[C@H](O)[C@@H]4O[C@H]4O[C@H](CO)[C@@H](O)[C@H](O)[C@H]4NC(C)=O)[C@@H](O)[C@H](O[C@H]4O[C@H](CO)[C@@H](O)[C@H](O)[C@@H]4O)[C@@H]3O)[C@H](O)[C@H]2NC(C)=O)[C@@H](CO[C@@H]2O[C@@H](C)[C@@H](O)[C@@H](O)[C@@H]2O)O[C@H]1O. The van der Waals surface area contributed by atoms with Gasteiger partial charge in [-0.3, -0.25) is 14.4 Å². The Morgan fingerprint density at radius 2 is 0.709 bits per heavy atom. The summed E-state index contributed by atoms with van der Waals surface area (Å²) < 4.78 is 75.7. The molecule has 0 radical (unpaired) electrons. The smallest absolute Gasteiger partial charge is 0.217 e. The highest BCUT2D eigenvalue weighted by atomic mass is 16.8. The molecule has 38 heteroatoms. The van der Waals surface area contributed by atoms with Gasteiger partial charge in [-0.2, -0.15) is 0 Å². The number of hydrogen-bond donors (Lipinski definition) is 22. The van der Waals surface area contributed by atoms with Gasteiger partial charge in [-0.1, -0.05) is 0 Å². The zero-order valence-corrected chi connectivity index (χ0v) is 46.5. The highest BCUT2D eigenvalue weighted by molar-refractivity contribution is 5.74. The molecule has 0 bridgehead atoms. The average molecular weight is 1260 g/mol. The first kappa shape index (κ1) is 70.6. The molecule has 22 N–H and O–H groups in total. The fourth-order valence-corrected chi connectivity index (χ4v) is 10.9. The normalized spacial score (nSPS) is 49.4. The van der Waals surface area contributed by atoms with E-state index in [4.69, 9.17) is 61.6 Å². The fraction of sp³-hybridized carbons (Fsp3) is 0.938. The van der Waals surface area contributed by atoms with E-state index in [-0.39, 0.29) is 0 Å². The van der Waals surface area contributed by atoms with Gasteiger partial charge in [-0.05, 0) is 6.92 Å². The predicted molar refractivity (Wildman–Crippen MR) is 265 cm³/mol.